The van der Waals surface area contributed by atoms with Gasteiger partial charge in [-0.05, 0) is 48.0 Å². The van der Waals surface area contributed by atoms with E-state index in [0.29, 0.717) is 33.0 Å². The van der Waals surface area contributed by atoms with E-state index in [1.165, 1.54) is 30.6 Å². The van der Waals surface area contributed by atoms with Gasteiger partial charge in [-0.2, -0.15) is 0 Å². The molecule has 6 nitrogen and oxygen atoms in total. The highest BCUT2D eigenvalue weighted by atomic mass is 32.1. The Labute approximate surface area is 198 Å². The molecule has 5 rings (SSSR count). The van der Waals surface area contributed by atoms with Crippen molar-refractivity contribution in [2.24, 2.45) is 0 Å². The molecule has 0 aliphatic carbocycles. The first-order valence-corrected chi connectivity index (χ1v) is 11.5. The van der Waals surface area contributed by atoms with Crippen LogP contribution in [-0.4, -0.2) is 30.0 Å². The SMILES string of the molecule is COC(=O)c1cccc(C(OCc2nc3ccc(F)cc3s2)C2CC(=O)c3ccccc3O2)c1. The van der Waals surface area contributed by atoms with Gasteiger partial charge >= 0.3 is 5.97 Å². The first-order valence-electron chi connectivity index (χ1n) is 10.7. The number of esters is 1. The van der Waals surface area contributed by atoms with E-state index in [1.807, 2.05) is 12.1 Å². The second kappa shape index (κ2) is 9.32. The second-order valence-electron chi connectivity index (χ2n) is 7.85. The lowest BCUT2D eigenvalue weighted by atomic mass is 9.93. The van der Waals surface area contributed by atoms with Crippen LogP contribution in [0, 0.1) is 5.82 Å². The van der Waals surface area contributed by atoms with Crippen LogP contribution in [0.3, 0.4) is 0 Å². The normalized spacial score (nSPS) is 16.1. The predicted octanol–water partition coefficient (Wildman–Crippen LogP) is 5.51. The summed E-state index contributed by atoms with van der Waals surface area (Å²) >= 11 is 1.34. The van der Waals surface area contributed by atoms with Crippen LogP contribution in [0.1, 0.15) is 43.8 Å². The smallest absolute Gasteiger partial charge is 0.337 e. The van der Waals surface area contributed by atoms with E-state index in [9.17, 15) is 14.0 Å². The Kier molecular flexibility index (Phi) is 6.08. The molecule has 172 valence electrons. The summed E-state index contributed by atoms with van der Waals surface area (Å²) in [6, 6.07) is 18.4. The molecule has 1 aliphatic heterocycles. The zero-order valence-electron chi connectivity index (χ0n) is 18.2. The first-order chi connectivity index (χ1) is 16.5. The van der Waals surface area contributed by atoms with Gasteiger partial charge in [-0.1, -0.05) is 24.3 Å². The standard InChI is InChI=1S/C26H20FNO5S/c1-31-26(30)16-6-4-5-15(11-16)25(22-13-20(29)18-7-2-3-8-21(18)33-22)32-14-24-28-19-10-9-17(27)12-23(19)34-24/h2-12,22,25H,13-14H2,1H3. The molecular weight excluding hydrogens is 457 g/mol. The minimum atomic E-state index is -0.661. The molecule has 1 aliphatic rings. The number of carbonyl (C=O) groups is 2. The Morgan fingerprint density at radius 3 is 2.88 bits per heavy atom. The molecule has 2 atom stereocenters. The molecule has 0 N–H and O–H groups in total. The van der Waals surface area contributed by atoms with Crippen LogP contribution < -0.4 is 4.74 Å². The first kappa shape index (κ1) is 22.2. The molecule has 0 radical (unpaired) electrons. The number of carbonyl (C=O) groups excluding carboxylic acids is 2. The van der Waals surface area contributed by atoms with E-state index >= 15 is 0 Å². The third-order valence-electron chi connectivity index (χ3n) is 5.61. The number of rotatable bonds is 6. The highest BCUT2D eigenvalue weighted by molar-refractivity contribution is 7.18. The minimum Gasteiger partial charge on any atom is -0.486 e. The number of aromatic nitrogens is 1. The van der Waals surface area contributed by atoms with E-state index in [-0.39, 0.29) is 24.6 Å². The molecule has 0 saturated heterocycles. The number of fused-ring (bicyclic) bond motifs is 2. The van der Waals surface area contributed by atoms with Crippen molar-refractivity contribution in [2.75, 3.05) is 7.11 Å². The molecule has 4 aromatic rings. The number of nitrogens with zero attached hydrogens (tertiary/aromatic N) is 1. The maximum absolute atomic E-state index is 13.6. The largest absolute Gasteiger partial charge is 0.486 e. The molecule has 34 heavy (non-hydrogen) atoms. The van der Waals surface area contributed by atoms with Crippen molar-refractivity contribution in [3.05, 3.63) is 94.2 Å². The summed E-state index contributed by atoms with van der Waals surface area (Å²) in [5.74, 6) is -0.342. The molecule has 0 spiro atoms. The quantitative estimate of drug-likeness (QED) is 0.341. The molecule has 3 aromatic carbocycles. The Morgan fingerprint density at radius 1 is 1.18 bits per heavy atom. The van der Waals surface area contributed by atoms with Gasteiger partial charge in [-0.15, -0.1) is 11.3 Å². The lowest BCUT2D eigenvalue weighted by Crippen LogP contribution is -2.34. The fourth-order valence-corrected chi connectivity index (χ4v) is 4.93. The lowest BCUT2D eigenvalue weighted by Gasteiger charge is -2.31. The number of hydrogen-bond donors (Lipinski definition) is 0. The summed E-state index contributed by atoms with van der Waals surface area (Å²) < 4.78 is 31.6. The van der Waals surface area contributed by atoms with Crippen molar-refractivity contribution < 1.29 is 28.2 Å². The van der Waals surface area contributed by atoms with Gasteiger partial charge in [0.2, 0.25) is 0 Å². The van der Waals surface area contributed by atoms with Crippen molar-refractivity contribution in [2.45, 2.75) is 25.2 Å². The van der Waals surface area contributed by atoms with Gasteiger partial charge in [0, 0.05) is 0 Å². The third kappa shape index (κ3) is 4.42. The highest BCUT2D eigenvalue weighted by Crippen LogP contribution is 2.36. The third-order valence-corrected chi connectivity index (χ3v) is 6.60. The average Bonchev–Trinajstić information content (AvgIpc) is 3.26. The van der Waals surface area contributed by atoms with Crippen LogP contribution in [0.2, 0.25) is 0 Å². The van der Waals surface area contributed by atoms with E-state index in [2.05, 4.69) is 4.98 Å². The highest BCUT2D eigenvalue weighted by Gasteiger charge is 2.34. The van der Waals surface area contributed by atoms with Gasteiger partial charge in [0.25, 0.3) is 0 Å². The van der Waals surface area contributed by atoms with E-state index in [0.717, 1.165) is 4.70 Å². The van der Waals surface area contributed by atoms with E-state index in [1.54, 1.807) is 42.5 Å². The van der Waals surface area contributed by atoms with Crippen molar-refractivity contribution in [3.63, 3.8) is 0 Å². The number of thiazole rings is 1. The molecule has 0 saturated carbocycles. The zero-order valence-corrected chi connectivity index (χ0v) is 19.0. The summed E-state index contributed by atoms with van der Waals surface area (Å²) in [5.41, 5.74) is 2.26. The number of hydrogen-bond acceptors (Lipinski definition) is 7. The summed E-state index contributed by atoms with van der Waals surface area (Å²) in [6.45, 7) is 0.129. The number of ketones is 1. The van der Waals surface area contributed by atoms with Crippen LogP contribution in [0.4, 0.5) is 4.39 Å². The predicted molar refractivity (Wildman–Crippen MR) is 125 cm³/mol. The van der Waals surface area contributed by atoms with E-state index in [4.69, 9.17) is 14.2 Å². The van der Waals surface area contributed by atoms with Gasteiger partial charge in [-0.25, -0.2) is 14.2 Å². The van der Waals surface area contributed by atoms with Gasteiger partial charge in [0.05, 0.1) is 41.5 Å². The number of benzene rings is 3. The average molecular weight is 478 g/mol. The fourth-order valence-electron chi connectivity index (χ4n) is 4.01. The molecule has 1 aromatic heterocycles. The fraction of sp³-hybridized carbons (Fsp3) is 0.192. The van der Waals surface area contributed by atoms with Gasteiger partial charge in [0.15, 0.2) is 5.78 Å². The van der Waals surface area contributed by atoms with E-state index < -0.39 is 18.2 Å². The zero-order chi connectivity index (χ0) is 23.7. The lowest BCUT2D eigenvalue weighted by molar-refractivity contribution is -0.0403. The van der Waals surface area contributed by atoms with Crippen LogP contribution >= 0.6 is 11.3 Å². The van der Waals surface area contributed by atoms with Crippen molar-refractivity contribution in [3.8, 4) is 5.75 Å². The number of para-hydroxylation sites is 1. The van der Waals surface area contributed by atoms with Gasteiger partial charge in [0.1, 0.15) is 28.8 Å². The number of halogens is 1. The Bertz CT molecular complexity index is 1380. The minimum absolute atomic E-state index is 0.0416. The molecule has 0 fully saturated rings. The monoisotopic (exact) mass is 477 g/mol. The summed E-state index contributed by atoms with van der Waals surface area (Å²) in [5, 5.41) is 0.664. The molecule has 8 heteroatoms. The topological polar surface area (TPSA) is 74.7 Å². The Morgan fingerprint density at radius 2 is 2.03 bits per heavy atom. The summed E-state index contributed by atoms with van der Waals surface area (Å²) in [7, 11) is 1.32. The Hall–Kier alpha value is -3.62. The maximum Gasteiger partial charge on any atom is 0.337 e. The second-order valence-corrected chi connectivity index (χ2v) is 8.96. The van der Waals surface area contributed by atoms with Crippen LogP contribution in [0.25, 0.3) is 10.2 Å². The van der Waals surface area contributed by atoms with Crippen LogP contribution in [0.15, 0.2) is 66.7 Å². The number of methoxy groups -OCH3 is 1. The summed E-state index contributed by atoms with van der Waals surface area (Å²) in [6.07, 6.45) is -1.15. The number of ether oxygens (including phenoxy) is 3. The maximum atomic E-state index is 13.6. The van der Waals surface area contributed by atoms with Gasteiger partial charge in [-0.3, -0.25) is 4.79 Å². The number of Topliss-reactive ketones (excluding diaryl/α,β-unsaturated/α-hetero) is 1. The van der Waals surface area contributed by atoms with Crippen LogP contribution in [0.5, 0.6) is 5.75 Å². The molecule has 0 amide bonds. The molecule has 2 heterocycles. The van der Waals surface area contributed by atoms with Crippen molar-refractivity contribution >= 4 is 33.3 Å². The van der Waals surface area contributed by atoms with Crippen molar-refractivity contribution in [1.82, 2.24) is 4.98 Å². The Balaban J connectivity index is 1.46. The van der Waals surface area contributed by atoms with Crippen LogP contribution in [-0.2, 0) is 16.1 Å². The van der Waals surface area contributed by atoms with Gasteiger partial charge < -0.3 is 14.2 Å². The summed E-state index contributed by atoms with van der Waals surface area (Å²) in [4.78, 5) is 29.4. The molecular formula is C26H20FNO5S. The molecule has 2 unspecified atom stereocenters. The molecule has 0 bridgehead atoms. The van der Waals surface area contributed by atoms with Crippen molar-refractivity contribution in [1.29, 1.82) is 0 Å².